The first-order valence-corrected chi connectivity index (χ1v) is 8.91. The number of aromatic nitrogens is 1. The van der Waals surface area contributed by atoms with Crippen molar-refractivity contribution in [2.75, 3.05) is 25.0 Å². The van der Waals surface area contributed by atoms with Gasteiger partial charge in [0.1, 0.15) is 5.15 Å². The van der Waals surface area contributed by atoms with Crippen molar-refractivity contribution in [1.29, 1.82) is 0 Å². The van der Waals surface area contributed by atoms with Gasteiger partial charge in [-0.15, -0.1) is 0 Å². The molecule has 132 valence electrons. The minimum Gasteiger partial charge on any atom is -0.369 e. The maximum absolute atomic E-state index is 5.82. The van der Waals surface area contributed by atoms with Crippen LogP contribution in [0.2, 0.25) is 5.15 Å². The van der Waals surface area contributed by atoms with E-state index in [1.165, 1.54) is 11.3 Å². The molecule has 1 saturated heterocycles. The number of rotatable bonds is 4. The Morgan fingerprint density at radius 3 is 2.76 bits per heavy atom. The van der Waals surface area contributed by atoms with E-state index in [1.807, 2.05) is 6.07 Å². The van der Waals surface area contributed by atoms with Gasteiger partial charge in [-0.3, -0.25) is 4.99 Å². The van der Waals surface area contributed by atoms with E-state index >= 15 is 0 Å². The van der Waals surface area contributed by atoms with Gasteiger partial charge in [0, 0.05) is 44.6 Å². The number of nitrogens with zero attached hydrogens (tertiary/aromatic N) is 3. The molecule has 0 spiro atoms. The third kappa shape index (κ3) is 4.86. The lowest BCUT2D eigenvalue weighted by molar-refractivity contribution is 0.648. The molecule has 2 N–H and O–H groups in total. The normalized spacial score (nSPS) is 17.6. The summed E-state index contributed by atoms with van der Waals surface area (Å²) in [6.45, 7) is 4.81. The topological polar surface area (TPSA) is 52.6 Å². The van der Waals surface area contributed by atoms with E-state index in [2.05, 4.69) is 56.7 Å². The third-order valence-corrected chi connectivity index (χ3v) is 4.62. The molecule has 0 amide bonds. The van der Waals surface area contributed by atoms with Crippen LogP contribution in [0.5, 0.6) is 0 Å². The van der Waals surface area contributed by atoms with Crippen LogP contribution in [0.15, 0.2) is 47.6 Å². The zero-order valence-electron chi connectivity index (χ0n) is 14.7. The molecule has 1 aromatic carbocycles. The fourth-order valence-electron chi connectivity index (χ4n) is 2.95. The number of halogens is 1. The maximum Gasteiger partial charge on any atom is 0.191 e. The van der Waals surface area contributed by atoms with Gasteiger partial charge in [0.25, 0.3) is 0 Å². The minimum absolute atomic E-state index is 0.385. The predicted octanol–water partition coefficient (Wildman–Crippen LogP) is 2.99. The van der Waals surface area contributed by atoms with Crippen LogP contribution in [-0.2, 0) is 6.54 Å². The Kier molecular flexibility index (Phi) is 5.76. The summed E-state index contributed by atoms with van der Waals surface area (Å²) in [5.41, 5.74) is 3.64. The van der Waals surface area contributed by atoms with E-state index in [-0.39, 0.29) is 0 Å². The average Bonchev–Trinajstić information content (AvgIpc) is 3.09. The fourth-order valence-corrected chi connectivity index (χ4v) is 3.06. The molecule has 0 radical (unpaired) electrons. The molecule has 25 heavy (non-hydrogen) atoms. The summed E-state index contributed by atoms with van der Waals surface area (Å²) in [7, 11) is 1.79. The van der Waals surface area contributed by atoms with E-state index in [0.29, 0.717) is 17.7 Å². The largest absolute Gasteiger partial charge is 0.369 e. The maximum atomic E-state index is 5.82. The molecule has 0 bridgehead atoms. The highest BCUT2D eigenvalue weighted by Crippen LogP contribution is 2.20. The number of guanidine groups is 1. The van der Waals surface area contributed by atoms with Gasteiger partial charge in [-0.05, 0) is 37.1 Å². The van der Waals surface area contributed by atoms with E-state index in [4.69, 9.17) is 11.6 Å². The van der Waals surface area contributed by atoms with Crippen molar-refractivity contribution in [3.05, 3.63) is 58.9 Å². The Labute approximate surface area is 154 Å². The Morgan fingerprint density at radius 1 is 1.28 bits per heavy atom. The molecule has 1 aliphatic rings. The molecule has 2 aromatic rings. The SMILES string of the molecule is CN=C(NCc1ccc(Cl)nc1)NC1CCN(c2ccc(C)cc2)C1. The molecular formula is C19H24ClN5. The first-order valence-electron chi connectivity index (χ1n) is 8.53. The van der Waals surface area contributed by atoms with Crippen LogP contribution < -0.4 is 15.5 Å². The van der Waals surface area contributed by atoms with Gasteiger partial charge in [0.15, 0.2) is 5.96 Å². The van der Waals surface area contributed by atoms with Crippen LogP contribution in [0.4, 0.5) is 5.69 Å². The number of anilines is 1. The minimum atomic E-state index is 0.385. The Bertz CT molecular complexity index is 712. The number of pyridine rings is 1. The summed E-state index contributed by atoms with van der Waals surface area (Å²) in [4.78, 5) is 10.8. The van der Waals surface area contributed by atoms with Gasteiger partial charge in [-0.2, -0.15) is 0 Å². The van der Waals surface area contributed by atoms with Crippen LogP contribution in [0.1, 0.15) is 17.5 Å². The Morgan fingerprint density at radius 2 is 2.08 bits per heavy atom. The highest BCUT2D eigenvalue weighted by atomic mass is 35.5. The highest BCUT2D eigenvalue weighted by Gasteiger charge is 2.23. The second kappa shape index (κ2) is 8.21. The van der Waals surface area contributed by atoms with Crippen LogP contribution in [-0.4, -0.2) is 37.1 Å². The molecular weight excluding hydrogens is 334 g/mol. The second-order valence-corrected chi connectivity index (χ2v) is 6.71. The second-order valence-electron chi connectivity index (χ2n) is 6.33. The van der Waals surface area contributed by atoms with Crippen molar-refractivity contribution in [1.82, 2.24) is 15.6 Å². The van der Waals surface area contributed by atoms with Gasteiger partial charge >= 0.3 is 0 Å². The molecule has 3 rings (SSSR count). The molecule has 0 saturated carbocycles. The lowest BCUT2D eigenvalue weighted by Crippen LogP contribution is -2.44. The van der Waals surface area contributed by atoms with Crippen molar-refractivity contribution in [3.8, 4) is 0 Å². The molecule has 1 unspecified atom stereocenters. The molecule has 0 aliphatic carbocycles. The van der Waals surface area contributed by atoms with Crippen molar-refractivity contribution in [2.24, 2.45) is 4.99 Å². The van der Waals surface area contributed by atoms with Crippen LogP contribution >= 0.6 is 11.6 Å². The number of benzene rings is 1. The molecule has 2 heterocycles. The highest BCUT2D eigenvalue weighted by molar-refractivity contribution is 6.29. The predicted molar refractivity (Wildman–Crippen MR) is 104 cm³/mol. The van der Waals surface area contributed by atoms with Crippen molar-refractivity contribution < 1.29 is 0 Å². The summed E-state index contributed by atoms with van der Waals surface area (Å²) >= 11 is 5.82. The van der Waals surface area contributed by atoms with Gasteiger partial charge in [0.05, 0.1) is 0 Å². The zero-order valence-corrected chi connectivity index (χ0v) is 15.4. The van der Waals surface area contributed by atoms with E-state index in [9.17, 15) is 0 Å². The quantitative estimate of drug-likeness (QED) is 0.502. The van der Waals surface area contributed by atoms with E-state index in [1.54, 1.807) is 19.3 Å². The van der Waals surface area contributed by atoms with Crippen molar-refractivity contribution in [3.63, 3.8) is 0 Å². The summed E-state index contributed by atoms with van der Waals surface area (Å²) in [5, 5.41) is 7.35. The number of hydrogen-bond acceptors (Lipinski definition) is 3. The van der Waals surface area contributed by atoms with Crippen molar-refractivity contribution in [2.45, 2.75) is 25.9 Å². The van der Waals surface area contributed by atoms with Gasteiger partial charge < -0.3 is 15.5 Å². The van der Waals surface area contributed by atoms with Gasteiger partial charge in [-0.25, -0.2) is 4.98 Å². The number of hydrogen-bond donors (Lipinski definition) is 2. The van der Waals surface area contributed by atoms with Crippen LogP contribution in [0.25, 0.3) is 0 Å². The number of aliphatic imine (C=N–C) groups is 1. The number of nitrogens with one attached hydrogen (secondary N) is 2. The molecule has 1 atom stereocenters. The summed E-state index contributed by atoms with van der Waals surface area (Å²) in [5.74, 6) is 0.811. The third-order valence-electron chi connectivity index (χ3n) is 4.40. The Hall–Kier alpha value is -2.27. The van der Waals surface area contributed by atoms with Crippen LogP contribution in [0, 0.1) is 6.92 Å². The summed E-state index contributed by atoms with van der Waals surface area (Å²) < 4.78 is 0. The molecule has 6 heteroatoms. The standard InChI is InChI=1S/C19H24ClN5/c1-14-3-6-17(7-4-14)25-10-9-16(13-25)24-19(21-2)23-12-15-5-8-18(20)22-11-15/h3-8,11,16H,9-10,12-13H2,1-2H3,(H2,21,23,24). The van der Waals surface area contributed by atoms with Crippen LogP contribution in [0.3, 0.4) is 0 Å². The Balaban J connectivity index is 1.50. The summed E-state index contributed by atoms with van der Waals surface area (Å²) in [6.07, 6.45) is 2.87. The lowest BCUT2D eigenvalue weighted by Gasteiger charge is -2.20. The average molecular weight is 358 g/mol. The summed E-state index contributed by atoms with van der Waals surface area (Å²) in [6, 6.07) is 12.9. The molecule has 1 aromatic heterocycles. The van der Waals surface area contributed by atoms with Crippen molar-refractivity contribution >= 4 is 23.2 Å². The monoisotopic (exact) mass is 357 g/mol. The first kappa shape index (κ1) is 17.5. The molecule has 1 aliphatic heterocycles. The fraction of sp³-hybridized carbons (Fsp3) is 0.368. The lowest BCUT2D eigenvalue weighted by atomic mass is 10.2. The molecule has 5 nitrogen and oxygen atoms in total. The van der Waals surface area contributed by atoms with E-state index < -0.39 is 0 Å². The first-order chi connectivity index (χ1) is 12.1. The number of aryl methyl sites for hydroxylation is 1. The smallest absolute Gasteiger partial charge is 0.191 e. The van der Waals surface area contributed by atoms with Gasteiger partial charge in [0.2, 0.25) is 0 Å². The zero-order chi connectivity index (χ0) is 17.6. The van der Waals surface area contributed by atoms with Gasteiger partial charge in [-0.1, -0.05) is 35.4 Å². The van der Waals surface area contributed by atoms with E-state index in [0.717, 1.165) is 31.0 Å². The molecule has 1 fully saturated rings.